The van der Waals surface area contributed by atoms with Crippen LogP contribution in [0.2, 0.25) is 0 Å². The zero-order chi connectivity index (χ0) is 21.5. The number of hydrogen-bond acceptors (Lipinski definition) is 8. The predicted octanol–water partition coefficient (Wildman–Crippen LogP) is -0.750. The van der Waals surface area contributed by atoms with Crippen molar-refractivity contribution in [2.75, 3.05) is 31.1 Å². The summed E-state index contributed by atoms with van der Waals surface area (Å²) >= 11 is 0. The number of rotatable bonds is 5. The van der Waals surface area contributed by atoms with Crippen molar-refractivity contribution in [2.24, 2.45) is 0 Å². The van der Waals surface area contributed by atoms with Crippen LogP contribution in [0.1, 0.15) is 12.0 Å². The topological polar surface area (TPSA) is 127 Å². The number of nitrogens with zero attached hydrogens (tertiary/aromatic N) is 5. The fourth-order valence-corrected chi connectivity index (χ4v) is 3.81. The van der Waals surface area contributed by atoms with Gasteiger partial charge < -0.3 is 25.3 Å². The maximum atomic E-state index is 12.4. The molecule has 3 heterocycles. The lowest BCUT2D eigenvalue weighted by molar-refractivity contribution is -0.345. The standard InChI is InChI=1S/C20H25N5O5/c1-15-5-4-6-16(13-15)22-9-11-23(12-10-22)19(27,28)14-20(29,30)25-18(26)24-8-3-2-7-17(24)21-25/h2-8,13,27-30H,9-12,14H2,1H3. The first-order valence-corrected chi connectivity index (χ1v) is 9.70. The Kier molecular flexibility index (Phi) is 5.12. The van der Waals surface area contributed by atoms with Crippen LogP contribution in [0, 0.1) is 6.92 Å². The number of aryl methyl sites for hydroxylation is 1. The van der Waals surface area contributed by atoms with E-state index in [0.717, 1.165) is 15.7 Å². The smallest absolute Gasteiger partial charge is 0.355 e. The second-order valence-corrected chi connectivity index (χ2v) is 7.66. The first kappa shape index (κ1) is 20.5. The molecule has 1 aromatic carbocycles. The van der Waals surface area contributed by atoms with E-state index in [2.05, 4.69) is 16.1 Å². The molecule has 10 heteroatoms. The predicted molar refractivity (Wildman–Crippen MR) is 109 cm³/mol. The van der Waals surface area contributed by atoms with Gasteiger partial charge in [0.05, 0.1) is 6.42 Å². The van der Waals surface area contributed by atoms with E-state index in [4.69, 9.17) is 0 Å². The fourth-order valence-electron chi connectivity index (χ4n) is 3.81. The van der Waals surface area contributed by atoms with Gasteiger partial charge in [0.25, 0.3) is 5.91 Å². The summed E-state index contributed by atoms with van der Waals surface area (Å²) in [5.74, 6) is -5.43. The van der Waals surface area contributed by atoms with Gasteiger partial charge in [-0.3, -0.25) is 4.40 Å². The van der Waals surface area contributed by atoms with E-state index in [1.807, 2.05) is 25.1 Å². The van der Waals surface area contributed by atoms with Crippen LogP contribution < -0.4 is 10.6 Å². The molecule has 0 saturated carbocycles. The van der Waals surface area contributed by atoms with Crippen LogP contribution in [-0.4, -0.2) is 71.6 Å². The Morgan fingerprint density at radius 1 is 0.967 bits per heavy atom. The minimum atomic E-state index is -2.89. The fraction of sp³-hybridized carbons (Fsp3) is 0.400. The molecule has 0 atom stereocenters. The second kappa shape index (κ2) is 7.49. The molecule has 0 radical (unpaired) electrons. The average molecular weight is 415 g/mol. The number of hydrogen-bond donors (Lipinski definition) is 4. The summed E-state index contributed by atoms with van der Waals surface area (Å²) in [7, 11) is 0. The molecule has 1 fully saturated rings. The van der Waals surface area contributed by atoms with Crippen LogP contribution in [0.5, 0.6) is 0 Å². The number of benzene rings is 1. The highest BCUT2D eigenvalue weighted by Gasteiger charge is 2.44. The minimum absolute atomic E-state index is 0.211. The van der Waals surface area contributed by atoms with E-state index in [1.54, 1.807) is 12.1 Å². The third-order valence-electron chi connectivity index (χ3n) is 5.39. The maximum Gasteiger partial charge on any atom is 0.355 e. The first-order valence-electron chi connectivity index (χ1n) is 9.70. The molecule has 0 bridgehead atoms. The van der Waals surface area contributed by atoms with Crippen LogP contribution in [-0.2, 0) is 5.91 Å². The number of fused-ring (bicyclic) bond motifs is 1. The van der Waals surface area contributed by atoms with Crippen LogP contribution in [0.4, 0.5) is 5.69 Å². The van der Waals surface area contributed by atoms with Crippen LogP contribution >= 0.6 is 0 Å². The maximum absolute atomic E-state index is 12.4. The molecule has 2 aromatic heterocycles. The molecular weight excluding hydrogens is 390 g/mol. The summed E-state index contributed by atoms with van der Waals surface area (Å²) in [5.41, 5.74) is 1.60. The second-order valence-electron chi connectivity index (χ2n) is 7.66. The molecule has 10 nitrogen and oxygen atoms in total. The summed E-state index contributed by atoms with van der Waals surface area (Å²) < 4.78 is 1.59. The van der Waals surface area contributed by atoms with E-state index < -0.39 is 23.9 Å². The minimum Gasteiger partial charge on any atom is -0.369 e. The monoisotopic (exact) mass is 415 g/mol. The zero-order valence-corrected chi connectivity index (χ0v) is 16.6. The van der Waals surface area contributed by atoms with Crippen molar-refractivity contribution in [3.8, 4) is 0 Å². The van der Waals surface area contributed by atoms with Gasteiger partial charge in [0.15, 0.2) is 5.65 Å². The lowest BCUT2D eigenvalue weighted by Crippen LogP contribution is -2.60. The number of aromatic nitrogens is 3. The quantitative estimate of drug-likeness (QED) is 0.401. The van der Waals surface area contributed by atoms with Gasteiger partial charge >= 0.3 is 5.69 Å². The Hall–Kier alpha value is -2.76. The van der Waals surface area contributed by atoms with E-state index >= 15 is 0 Å². The van der Waals surface area contributed by atoms with Crippen molar-refractivity contribution >= 4 is 11.3 Å². The van der Waals surface area contributed by atoms with Gasteiger partial charge in [0, 0.05) is 38.1 Å². The van der Waals surface area contributed by atoms with E-state index in [0.29, 0.717) is 17.8 Å². The molecule has 4 N–H and O–H groups in total. The van der Waals surface area contributed by atoms with Gasteiger partial charge in [-0.15, -0.1) is 5.10 Å². The number of aliphatic hydroxyl groups is 4. The third kappa shape index (κ3) is 3.83. The lowest BCUT2D eigenvalue weighted by Gasteiger charge is -2.43. The molecule has 3 aromatic rings. The van der Waals surface area contributed by atoms with E-state index in [-0.39, 0.29) is 18.7 Å². The van der Waals surface area contributed by atoms with Crippen molar-refractivity contribution in [3.05, 3.63) is 64.7 Å². The van der Waals surface area contributed by atoms with Crippen molar-refractivity contribution in [1.29, 1.82) is 0 Å². The molecule has 1 aliphatic rings. The van der Waals surface area contributed by atoms with Gasteiger partial charge in [-0.1, -0.05) is 18.2 Å². The summed E-state index contributed by atoms with van der Waals surface area (Å²) in [4.78, 5) is 15.9. The van der Waals surface area contributed by atoms with Gasteiger partial charge in [-0.25, -0.2) is 9.69 Å². The highest BCUT2D eigenvalue weighted by Crippen LogP contribution is 2.26. The molecule has 0 unspecified atom stereocenters. The highest BCUT2D eigenvalue weighted by molar-refractivity contribution is 5.48. The van der Waals surface area contributed by atoms with Crippen molar-refractivity contribution in [3.63, 3.8) is 0 Å². The number of anilines is 1. The summed E-state index contributed by atoms with van der Waals surface area (Å²) in [6.45, 7) is 3.65. The number of pyridine rings is 1. The largest absolute Gasteiger partial charge is 0.369 e. The molecule has 1 saturated heterocycles. The Morgan fingerprint density at radius 2 is 1.70 bits per heavy atom. The normalized spacial score (nSPS) is 16.4. The molecule has 160 valence electrons. The average Bonchev–Trinajstić information content (AvgIpc) is 3.05. The SMILES string of the molecule is Cc1cccc(N2CCN(C(O)(O)CC(O)(O)n3nc4ccccn4c3=O)CC2)c1. The van der Waals surface area contributed by atoms with Crippen molar-refractivity contribution in [1.82, 2.24) is 19.1 Å². The van der Waals surface area contributed by atoms with Gasteiger partial charge in [0.1, 0.15) is 0 Å². The Bertz CT molecular complexity index is 1100. The van der Waals surface area contributed by atoms with Crippen molar-refractivity contribution in [2.45, 2.75) is 25.2 Å². The molecule has 0 spiro atoms. The molecule has 0 amide bonds. The van der Waals surface area contributed by atoms with Crippen LogP contribution in [0.3, 0.4) is 0 Å². The summed E-state index contributed by atoms with van der Waals surface area (Å²) in [6, 6.07) is 12.8. The summed E-state index contributed by atoms with van der Waals surface area (Å²) in [6.07, 6.45) is 0.501. The number of piperazine rings is 1. The van der Waals surface area contributed by atoms with Crippen LogP contribution in [0.15, 0.2) is 53.5 Å². The highest BCUT2D eigenvalue weighted by atomic mass is 16.6. The van der Waals surface area contributed by atoms with Gasteiger partial charge in [-0.05, 0) is 36.8 Å². The van der Waals surface area contributed by atoms with E-state index in [9.17, 15) is 25.2 Å². The lowest BCUT2D eigenvalue weighted by atomic mass is 10.1. The van der Waals surface area contributed by atoms with E-state index in [1.165, 1.54) is 17.2 Å². The molecule has 30 heavy (non-hydrogen) atoms. The molecule has 0 aliphatic carbocycles. The Balaban J connectivity index is 1.48. The van der Waals surface area contributed by atoms with Gasteiger partial charge in [0.2, 0.25) is 5.91 Å². The first-order chi connectivity index (χ1) is 14.2. The Labute approximate surface area is 172 Å². The van der Waals surface area contributed by atoms with Gasteiger partial charge in [-0.2, -0.15) is 4.68 Å². The van der Waals surface area contributed by atoms with Crippen molar-refractivity contribution < 1.29 is 20.4 Å². The third-order valence-corrected chi connectivity index (χ3v) is 5.39. The zero-order valence-electron chi connectivity index (χ0n) is 16.6. The van der Waals surface area contributed by atoms with Crippen LogP contribution in [0.25, 0.3) is 5.65 Å². The summed E-state index contributed by atoms with van der Waals surface area (Å²) in [5, 5.41) is 46.0. The molecule has 1 aliphatic heterocycles. The molecular formula is C20H25N5O5. The Morgan fingerprint density at radius 3 is 2.37 bits per heavy atom. The molecule has 4 rings (SSSR count).